The van der Waals surface area contributed by atoms with Crippen LogP contribution in [0.15, 0.2) is 22.8 Å². The first-order chi connectivity index (χ1) is 8.40. The van der Waals surface area contributed by atoms with Crippen molar-refractivity contribution in [2.45, 2.75) is 32.4 Å². The Morgan fingerprint density at radius 3 is 2.50 bits per heavy atom. The Morgan fingerprint density at radius 2 is 2.00 bits per heavy atom. The molecular formula is C14H27N3O. The highest BCUT2D eigenvalue weighted by atomic mass is 16.3. The molecule has 1 unspecified atom stereocenters. The average molecular weight is 253 g/mol. The van der Waals surface area contributed by atoms with Gasteiger partial charge >= 0.3 is 0 Å². The second-order valence-electron chi connectivity index (χ2n) is 5.88. The Bertz CT molecular complexity index is 314. The summed E-state index contributed by atoms with van der Waals surface area (Å²) >= 11 is 0. The van der Waals surface area contributed by atoms with Gasteiger partial charge in [0.05, 0.1) is 12.3 Å². The highest BCUT2D eigenvalue weighted by Crippen LogP contribution is 2.17. The van der Waals surface area contributed by atoms with Gasteiger partial charge in [-0.1, -0.05) is 0 Å². The molecule has 0 fully saturated rings. The molecule has 1 aromatic heterocycles. The van der Waals surface area contributed by atoms with Crippen molar-refractivity contribution in [2.75, 3.05) is 33.7 Å². The van der Waals surface area contributed by atoms with Gasteiger partial charge in [-0.2, -0.15) is 0 Å². The minimum atomic E-state index is 0.184. The van der Waals surface area contributed by atoms with Gasteiger partial charge in [0.15, 0.2) is 0 Å². The van der Waals surface area contributed by atoms with Crippen LogP contribution in [-0.4, -0.2) is 44.2 Å². The van der Waals surface area contributed by atoms with Gasteiger partial charge < -0.3 is 15.1 Å². The predicted molar refractivity (Wildman–Crippen MR) is 75.8 cm³/mol. The van der Waals surface area contributed by atoms with E-state index < -0.39 is 0 Å². The first kappa shape index (κ1) is 15.2. The van der Waals surface area contributed by atoms with Crippen molar-refractivity contribution in [3.05, 3.63) is 24.2 Å². The molecule has 0 saturated carbocycles. The van der Waals surface area contributed by atoms with Gasteiger partial charge in [0.1, 0.15) is 5.76 Å². The lowest BCUT2D eigenvalue weighted by Crippen LogP contribution is -2.41. The van der Waals surface area contributed by atoms with Crippen LogP contribution in [0, 0.1) is 0 Å². The van der Waals surface area contributed by atoms with E-state index in [0.29, 0.717) is 0 Å². The summed E-state index contributed by atoms with van der Waals surface area (Å²) < 4.78 is 5.47. The molecule has 104 valence electrons. The van der Waals surface area contributed by atoms with Gasteiger partial charge in [0, 0.05) is 25.2 Å². The topological polar surface area (TPSA) is 40.4 Å². The largest absolute Gasteiger partial charge is 0.468 e. The molecule has 1 heterocycles. The van der Waals surface area contributed by atoms with Crippen LogP contribution in [0.4, 0.5) is 0 Å². The number of hydrogen-bond donors (Lipinski definition) is 2. The summed E-state index contributed by atoms with van der Waals surface area (Å²) in [4.78, 5) is 2.17. The summed E-state index contributed by atoms with van der Waals surface area (Å²) in [7, 11) is 4.14. The summed E-state index contributed by atoms with van der Waals surface area (Å²) in [5.74, 6) is 1.01. The molecule has 0 aliphatic carbocycles. The summed E-state index contributed by atoms with van der Waals surface area (Å²) in [6.45, 7) is 9.37. The Morgan fingerprint density at radius 1 is 1.28 bits per heavy atom. The van der Waals surface area contributed by atoms with Crippen LogP contribution in [0.1, 0.15) is 32.6 Å². The number of nitrogens with zero attached hydrogens (tertiary/aromatic N) is 1. The van der Waals surface area contributed by atoms with E-state index in [1.165, 1.54) is 0 Å². The smallest absolute Gasteiger partial charge is 0.122 e. The zero-order valence-electron chi connectivity index (χ0n) is 12.3. The van der Waals surface area contributed by atoms with Crippen LogP contribution >= 0.6 is 0 Å². The molecular weight excluding hydrogens is 226 g/mol. The van der Waals surface area contributed by atoms with E-state index in [9.17, 15) is 0 Å². The lowest BCUT2D eigenvalue weighted by molar-refractivity contribution is 0.250. The number of rotatable bonds is 7. The van der Waals surface area contributed by atoms with Gasteiger partial charge in [-0.15, -0.1) is 0 Å². The zero-order valence-corrected chi connectivity index (χ0v) is 12.3. The number of likely N-dealkylation sites (N-methyl/N-ethyl adjacent to an activating group) is 1. The molecule has 0 aromatic carbocycles. The molecule has 18 heavy (non-hydrogen) atoms. The van der Waals surface area contributed by atoms with Crippen molar-refractivity contribution >= 4 is 0 Å². The van der Waals surface area contributed by atoms with Crippen LogP contribution in [0.3, 0.4) is 0 Å². The molecule has 1 atom stereocenters. The fourth-order valence-corrected chi connectivity index (χ4v) is 1.78. The van der Waals surface area contributed by atoms with Crippen molar-refractivity contribution in [1.29, 1.82) is 0 Å². The minimum absolute atomic E-state index is 0.184. The molecule has 4 heteroatoms. The maximum Gasteiger partial charge on any atom is 0.122 e. The average Bonchev–Trinajstić information content (AvgIpc) is 2.74. The second kappa shape index (κ2) is 6.92. The summed E-state index contributed by atoms with van der Waals surface area (Å²) in [6, 6.07) is 4.25. The van der Waals surface area contributed by atoms with Crippen LogP contribution in [0.25, 0.3) is 0 Å². The monoisotopic (exact) mass is 253 g/mol. The Labute approximate surface area is 111 Å². The van der Waals surface area contributed by atoms with E-state index >= 15 is 0 Å². The molecule has 0 aliphatic heterocycles. The van der Waals surface area contributed by atoms with E-state index in [2.05, 4.69) is 50.4 Å². The van der Waals surface area contributed by atoms with Crippen molar-refractivity contribution < 1.29 is 4.42 Å². The van der Waals surface area contributed by atoms with Crippen molar-refractivity contribution in [3.8, 4) is 0 Å². The molecule has 2 N–H and O–H groups in total. The molecule has 0 radical (unpaired) electrons. The minimum Gasteiger partial charge on any atom is -0.468 e. The van der Waals surface area contributed by atoms with Gasteiger partial charge in [0.2, 0.25) is 0 Å². The molecule has 0 saturated heterocycles. The number of nitrogens with one attached hydrogen (secondary N) is 2. The number of hydrogen-bond acceptors (Lipinski definition) is 4. The lowest BCUT2D eigenvalue weighted by Gasteiger charge is -2.24. The van der Waals surface area contributed by atoms with Gasteiger partial charge in [-0.3, -0.25) is 4.90 Å². The standard InChI is InChI=1S/C14H27N3O/c1-14(2,3)16-9-8-15-11-12(17(4)5)13-7-6-10-18-13/h6-7,10,12,15-16H,8-9,11H2,1-5H3. The van der Waals surface area contributed by atoms with Crippen LogP contribution in [0.2, 0.25) is 0 Å². The molecule has 0 bridgehead atoms. The fourth-order valence-electron chi connectivity index (χ4n) is 1.78. The number of furan rings is 1. The van der Waals surface area contributed by atoms with Gasteiger partial charge in [-0.25, -0.2) is 0 Å². The third-order valence-electron chi connectivity index (χ3n) is 2.79. The molecule has 4 nitrogen and oxygen atoms in total. The molecule has 1 rings (SSSR count). The predicted octanol–water partition coefficient (Wildman–Crippen LogP) is 1.86. The summed E-state index contributed by atoms with van der Waals surface area (Å²) in [6.07, 6.45) is 1.73. The maximum absolute atomic E-state index is 5.47. The summed E-state index contributed by atoms with van der Waals surface area (Å²) in [5.41, 5.74) is 0.184. The fraction of sp³-hybridized carbons (Fsp3) is 0.714. The van der Waals surface area contributed by atoms with Crippen molar-refractivity contribution in [1.82, 2.24) is 15.5 Å². The van der Waals surface area contributed by atoms with Crippen LogP contribution in [0.5, 0.6) is 0 Å². The molecule has 0 spiro atoms. The SMILES string of the molecule is CN(C)C(CNCCNC(C)(C)C)c1ccco1. The highest BCUT2D eigenvalue weighted by molar-refractivity contribution is 5.04. The van der Waals surface area contributed by atoms with E-state index in [-0.39, 0.29) is 11.6 Å². The first-order valence-corrected chi connectivity index (χ1v) is 6.56. The van der Waals surface area contributed by atoms with E-state index in [1.807, 2.05) is 12.1 Å². The molecule has 0 aliphatic rings. The maximum atomic E-state index is 5.47. The Balaban J connectivity index is 2.28. The van der Waals surface area contributed by atoms with Crippen LogP contribution in [-0.2, 0) is 0 Å². The third-order valence-corrected chi connectivity index (χ3v) is 2.79. The van der Waals surface area contributed by atoms with Gasteiger partial charge in [0.25, 0.3) is 0 Å². The second-order valence-corrected chi connectivity index (χ2v) is 5.88. The van der Waals surface area contributed by atoms with Crippen molar-refractivity contribution in [3.63, 3.8) is 0 Å². The Hall–Kier alpha value is -0.840. The zero-order chi connectivity index (χ0) is 13.6. The van der Waals surface area contributed by atoms with Crippen LogP contribution < -0.4 is 10.6 Å². The molecule has 0 amide bonds. The van der Waals surface area contributed by atoms with E-state index in [0.717, 1.165) is 25.4 Å². The normalized spacial score (nSPS) is 14.1. The lowest BCUT2D eigenvalue weighted by atomic mass is 10.1. The quantitative estimate of drug-likeness (QED) is 0.728. The Kier molecular flexibility index (Phi) is 5.85. The van der Waals surface area contributed by atoms with Gasteiger partial charge in [-0.05, 0) is 47.0 Å². The van der Waals surface area contributed by atoms with Crippen molar-refractivity contribution in [2.24, 2.45) is 0 Å². The summed E-state index contributed by atoms with van der Waals surface area (Å²) in [5, 5.41) is 6.92. The highest BCUT2D eigenvalue weighted by Gasteiger charge is 2.16. The van der Waals surface area contributed by atoms with E-state index in [1.54, 1.807) is 6.26 Å². The first-order valence-electron chi connectivity index (χ1n) is 6.56. The van der Waals surface area contributed by atoms with E-state index in [4.69, 9.17) is 4.42 Å². The molecule has 1 aromatic rings. The third kappa shape index (κ3) is 5.67.